The average Bonchev–Trinajstić information content (AvgIpc) is 2.35. The first-order valence-corrected chi connectivity index (χ1v) is 5.63. The molecule has 94 valence electrons. The van der Waals surface area contributed by atoms with Crippen molar-refractivity contribution in [2.45, 2.75) is 13.5 Å². The van der Waals surface area contributed by atoms with Crippen LogP contribution in [0.1, 0.15) is 11.3 Å². The van der Waals surface area contributed by atoms with E-state index in [0.717, 1.165) is 11.3 Å². The third-order valence-electron chi connectivity index (χ3n) is 2.51. The monoisotopic (exact) mass is 245 g/mol. The van der Waals surface area contributed by atoms with E-state index in [1.807, 2.05) is 24.3 Å². The number of anilines is 1. The van der Waals surface area contributed by atoms with Crippen molar-refractivity contribution in [2.24, 2.45) is 0 Å². The number of hydrogen-bond donors (Lipinski definition) is 2. The van der Waals surface area contributed by atoms with Crippen molar-refractivity contribution in [3.8, 4) is 5.75 Å². The van der Waals surface area contributed by atoms with Gasteiger partial charge in [-0.05, 0) is 13.0 Å². The molecule has 2 rings (SSSR count). The molecule has 0 saturated carbocycles. The molecule has 1 aromatic heterocycles. The topological polar surface area (TPSA) is 67.0 Å². The average molecular weight is 245 g/mol. The quantitative estimate of drug-likeness (QED) is 0.860. The third kappa shape index (κ3) is 2.88. The Morgan fingerprint density at radius 3 is 2.89 bits per heavy atom. The number of rotatable bonds is 4. The first-order valence-electron chi connectivity index (χ1n) is 5.63. The summed E-state index contributed by atoms with van der Waals surface area (Å²) in [5.41, 5.74) is 1.52. The molecule has 0 aliphatic carbocycles. The van der Waals surface area contributed by atoms with E-state index in [9.17, 15) is 4.79 Å². The van der Waals surface area contributed by atoms with Crippen LogP contribution in [0.15, 0.2) is 35.1 Å². The highest BCUT2D eigenvalue weighted by Crippen LogP contribution is 2.17. The fourth-order valence-electron chi connectivity index (χ4n) is 1.69. The van der Waals surface area contributed by atoms with Crippen molar-refractivity contribution in [1.82, 2.24) is 9.97 Å². The minimum Gasteiger partial charge on any atom is -0.496 e. The summed E-state index contributed by atoms with van der Waals surface area (Å²) < 4.78 is 5.25. The molecule has 1 heterocycles. The molecule has 0 aliphatic heterocycles. The van der Waals surface area contributed by atoms with Crippen LogP contribution in [0.25, 0.3) is 0 Å². The molecule has 0 amide bonds. The smallest absolute Gasteiger partial charge is 0.252 e. The van der Waals surface area contributed by atoms with Crippen molar-refractivity contribution in [3.05, 3.63) is 51.9 Å². The Bertz CT molecular complexity index is 593. The minimum absolute atomic E-state index is 0.162. The molecule has 2 aromatic rings. The van der Waals surface area contributed by atoms with Gasteiger partial charge in [0.25, 0.3) is 5.56 Å². The second-order valence-corrected chi connectivity index (χ2v) is 3.90. The maximum Gasteiger partial charge on any atom is 0.252 e. The van der Waals surface area contributed by atoms with Gasteiger partial charge in [0.2, 0.25) is 5.95 Å². The number of ether oxygens (including phenoxy) is 1. The van der Waals surface area contributed by atoms with Crippen molar-refractivity contribution in [1.29, 1.82) is 0 Å². The minimum atomic E-state index is -0.162. The summed E-state index contributed by atoms with van der Waals surface area (Å²) in [5.74, 6) is 1.27. The summed E-state index contributed by atoms with van der Waals surface area (Å²) in [6.07, 6.45) is 0. The number of nitrogens with zero attached hydrogens (tertiary/aromatic N) is 1. The van der Waals surface area contributed by atoms with Gasteiger partial charge in [0, 0.05) is 23.9 Å². The molecule has 5 heteroatoms. The van der Waals surface area contributed by atoms with Crippen LogP contribution >= 0.6 is 0 Å². The van der Waals surface area contributed by atoms with Gasteiger partial charge in [0.05, 0.1) is 7.11 Å². The Hall–Kier alpha value is -2.30. The molecule has 0 spiro atoms. The molecule has 0 atom stereocenters. The Balaban J connectivity index is 2.13. The summed E-state index contributed by atoms with van der Waals surface area (Å²) in [6.45, 7) is 2.32. The Morgan fingerprint density at radius 2 is 2.17 bits per heavy atom. The van der Waals surface area contributed by atoms with Crippen molar-refractivity contribution < 1.29 is 4.74 Å². The van der Waals surface area contributed by atoms with E-state index in [-0.39, 0.29) is 5.56 Å². The number of methoxy groups -OCH3 is 1. The SMILES string of the molecule is COc1ccccc1CNc1nc(C)cc(=O)[nH]1. The van der Waals surface area contributed by atoms with Crippen molar-refractivity contribution in [3.63, 3.8) is 0 Å². The molecular formula is C13H15N3O2. The largest absolute Gasteiger partial charge is 0.496 e. The van der Waals surface area contributed by atoms with E-state index < -0.39 is 0 Å². The second kappa shape index (κ2) is 5.35. The highest BCUT2D eigenvalue weighted by Gasteiger charge is 2.02. The maximum absolute atomic E-state index is 11.3. The standard InChI is InChI=1S/C13H15N3O2/c1-9-7-12(17)16-13(15-9)14-8-10-5-3-4-6-11(10)18-2/h3-7H,8H2,1-2H3,(H2,14,15,16,17). The number of aryl methyl sites for hydroxylation is 1. The van der Waals surface area contributed by atoms with Crippen LogP contribution in [-0.4, -0.2) is 17.1 Å². The van der Waals surface area contributed by atoms with Gasteiger partial charge in [-0.15, -0.1) is 0 Å². The van der Waals surface area contributed by atoms with Gasteiger partial charge in [-0.2, -0.15) is 0 Å². The molecule has 5 nitrogen and oxygen atoms in total. The van der Waals surface area contributed by atoms with Crippen molar-refractivity contribution >= 4 is 5.95 Å². The lowest BCUT2D eigenvalue weighted by atomic mass is 10.2. The van der Waals surface area contributed by atoms with E-state index in [1.54, 1.807) is 14.0 Å². The molecule has 18 heavy (non-hydrogen) atoms. The van der Waals surface area contributed by atoms with Gasteiger partial charge in [-0.1, -0.05) is 18.2 Å². The molecule has 0 saturated heterocycles. The maximum atomic E-state index is 11.3. The number of H-pyrrole nitrogens is 1. The zero-order valence-electron chi connectivity index (χ0n) is 10.4. The number of aromatic amines is 1. The van der Waals surface area contributed by atoms with E-state index in [1.165, 1.54) is 6.07 Å². The molecular weight excluding hydrogens is 230 g/mol. The lowest BCUT2D eigenvalue weighted by Gasteiger charge is -2.09. The number of aromatic nitrogens is 2. The summed E-state index contributed by atoms with van der Waals surface area (Å²) in [6, 6.07) is 9.15. The fourth-order valence-corrected chi connectivity index (χ4v) is 1.69. The molecule has 0 radical (unpaired) electrons. The summed E-state index contributed by atoms with van der Waals surface area (Å²) >= 11 is 0. The number of hydrogen-bond acceptors (Lipinski definition) is 4. The van der Waals surface area contributed by atoms with Gasteiger partial charge in [0.15, 0.2) is 0 Å². The zero-order chi connectivity index (χ0) is 13.0. The lowest BCUT2D eigenvalue weighted by Crippen LogP contribution is -2.13. The van der Waals surface area contributed by atoms with Crippen LogP contribution in [0.4, 0.5) is 5.95 Å². The van der Waals surface area contributed by atoms with Crippen molar-refractivity contribution in [2.75, 3.05) is 12.4 Å². The Labute approximate surface area is 105 Å². The van der Waals surface area contributed by atoms with E-state index in [0.29, 0.717) is 18.2 Å². The first kappa shape index (κ1) is 12.2. The zero-order valence-corrected chi connectivity index (χ0v) is 10.4. The summed E-state index contributed by atoms with van der Waals surface area (Å²) in [4.78, 5) is 18.1. The lowest BCUT2D eigenvalue weighted by molar-refractivity contribution is 0.410. The van der Waals surface area contributed by atoms with Crippen LogP contribution in [0, 0.1) is 6.92 Å². The Kier molecular flexibility index (Phi) is 3.62. The highest BCUT2D eigenvalue weighted by atomic mass is 16.5. The van der Waals surface area contributed by atoms with Gasteiger partial charge in [-0.25, -0.2) is 4.98 Å². The summed E-state index contributed by atoms with van der Waals surface area (Å²) in [5, 5.41) is 3.07. The predicted molar refractivity (Wildman–Crippen MR) is 69.9 cm³/mol. The summed E-state index contributed by atoms with van der Waals surface area (Å²) in [7, 11) is 1.63. The van der Waals surface area contributed by atoms with E-state index in [2.05, 4.69) is 15.3 Å². The molecule has 0 bridgehead atoms. The second-order valence-electron chi connectivity index (χ2n) is 3.90. The first-order chi connectivity index (χ1) is 8.69. The van der Waals surface area contributed by atoms with Gasteiger partial charge < -0.3 is 10.1 Å². The fraction of sp³-hybridized carbons (Fsp3) is 0.231. The van der Waals surface area contributed by atoms with Crippen LogP contribution in [0.2, 0.25) is 0 Å². The molecule has 0 fully saturated rings. The number of benzene rings is 1. The van der Waals surface area contributed by atoms with Crippen LogP contribution in [0.5, 0.6) is 5.75 Å². The molecule has 0 unspecified atom stereocenters. The van der Waals surface area contributed by atoms with E-state index >= 15 is 0 Å². The molecule has 0 aliphatic rings. The van der Waals surface area contributed by atoms with E-state index in [4.69, 9.17) is 4.74 Å². The van der Waals surface area contributed by atoms with Crippen LogP contribution < -0.4 is 15.6 Å². The number of para-hydroxylation sites is 1. The molecule has 2 N–H and O–H groups in total. The van der Waals surface area contributed by atoms with Gasteiger partial charge >= 0.3 is 0 Å². The van der Waals surface area contributed by atoms with Crippen LogP contribution in [-0.2, 0) is 6.54 Å². The molecule has 1 aromatic carbocycles. The highest BCUT2D eigenvalue weighted by molar-refractivity contribution is 5.36. The normalized spacial score (nSPS) is 10.1. The Morgan fingerprint density at radius 1 is 1.39 bits per heavy atom. The van der Waals surface area contributed by atoms with Crippen LogP contribution in [0.3, 0.4) is 0 Å². The third-order valence-corrected chi connectivity index (χ3v) is 2.51. The predicted octanol–water partition coefficient (Wildman–Crippen LogP) is 1.70. The van der Waals surface area contributed by atoms with Gasteiger partial charge in [0.1, 0.15) is 5.75 Å². The number of nitrogens with one attached hydrogen (secondary N) is 2. The van der Waals surface area contributed by atoms with Gasteiger partial charge in [-0.3, -0.25) is 9.78 Å².